The van der Waals surface area contributed by atoms with E-state index in [4.69, 9.17) is 0 Å². The minimum absolute atomic E-state index is 0.0604. The van der Waals surface area contributed by atoms with E-state index < -0.39 is 0 Å². The summed E-state index contributed by atoms with van der Waals surface area (Å²) in [6.45, 7) is 8.86. The molecule has 2 rings (SSSR count). The van der Waals surface area contributed by atoms with E-state index >= 15 is 0 Å². The Morgan fingerprint density at radius 1 is 1.48 bits per heavy atom. The normalized spacial score (nSPS) is 10.8. The van der Waals surface area contributed by atoms with Crippen LogP contribution in [0.3, 0.4) is 0 Å². The van der Waals surface area contributed by atoms with Crippen molar-refractivity contribution in [1.82, 2.24) is 14.5 Å². The Balaban J connectivity index is 2.16. The summed E-state index contributed by atoms with van der Waals surface area (Å²) in [6, 6.07) is 6.48. The maximum absolute atomic E-state index is 13.3. The van der Waals surface area contributed by atoms with E-state index in [9.17, 15) is 9.18 Å². The van der Waals surface area contributed by atoms with Gasteiger partial charge < -0.3 is 9.47 Å². The number of rotatable bonds is 7. The summed E-state index contributed by atoms with van der Waals surface area (Å²) in [4.78, 5) is 18.3. The van der Waals surface area contributed by atoms with Gasteiger partial charge in [-0.25, -0.2) is 9.37 Å². The first-order valence-electron chi connectivity index (χ1n) is 7.65. The molecule has 0 saturated heterocycles. The summed E-state index contributed by atoms with van der Waals surface area (Å²) in [7, 11) is 0. The lowest BCUT2D eigenvalue weighted by molar-refractivity contribution is -0.134. The molecule has 0 aliphatic rings. The SMILES string of the molecule is C=CCN(Cc1nccn1Cc1cccc(F)c1)C(=O)C(C)C. The van der Waals surface area contributed by atoms with E-state index in [2.05, 4.69) is 11.6 Å². The van der Waals surface area contributed by atoms with Gasteiger partial charge >= 0.3 is 0 Å². The molecule has 0 bridgehead atoms. The number of hydrogen-bond donors (Lipinski definition) is 0. The zero-order valence-electron chi connectivity index (χ0n) is 13.6. The standard InChI is InChI=1S/C18H22FN3O/c1-4-9-22(18(23)14(2)3)13-17-20-8-10-21(17)12-15-6-5-7-16(19)11-15/h4-8,10-11,14H,1,9,12-13H2,2-3H3. The molecule has 1 amide bonds. The van der Waals surface area contributed by atoms with Gasteiger partial charge in [-0.3, -0.25) is 4.79 Å². The molecule has 1 aromatic heterocycles. The topological polar surface area (TPSA) is 38.1 Å². The number of imidazole rings is 1. The zero-order chi connectivity index (χ0) is 16.8. The van der Waals surface area contributed by atoms with Gasteiger partial charge in [0.15, 0.2) is 0 Å². The molecule has 2 aromatic rings. The van der Waals surface area contributed by atoms with Crippen LogP contribution in [-0.2, 0) is 17.9 Å². The second kappa shape index (κ2) is 7.72. The fraction of sp³-hybridized carbons (Fsp3) is 0.333. The minimum atomic E-state index is -0.257. The smallest absolute Gasteiger partial charge is 0.225 e. The van der Waals surface area contributed by atoms with E-state index in [-0.39, 0.29) is 17.6 Å². The highest BCUT2D eigenvalue weighted by Gasteiger charge is 2.18. The lowest BCUT2D eigenvalue weighted by Crippen LogP contribution is -2.34. The van der Waals surface area contributed by atoms with Crippen molar-refractivity contribution in [1.29, 1.82) is 0 Å². The maximum Gasteiger partial charge on any atom is 0.225 e. The van der Waals surface area contributed by atoms with E-state index in [0.29, 0.717) is 19.6 Å². The number of carbonyl (C=O) groups is 1. The van der Waals surface area contributed by atoms with E-state index in [0.717, 1.165) is 11.4 Å². The molecule has 0 saturated carbocycles. The highest BCUT2D eigenvalue weighted by Crippen LogP contribution is 2.11. The van der Waals surface area contributed by atoms with Gasteiger partial charge in [0.2, 0.25) is 5.91 Å². The Kier molecular flexibility index (Phi) is 5.68. The quantitative estimate of drug-likeness (QED) is 0.736. The molecule has 0 spiro atoms. The second-order valence-corrected chi connectivity index (χ2v) is 5.76. The van der Waals surface area contributed by atoms with Crippen molar-refractivity contribution in [3.05, 3.63) is 66.5 Å². The van der Waals surface area contributed by atoms with Crippen molar-refractivity contribution in [2.45, 2.75) is 26.9 Å². The van der Waals surface area contributed by atoms with Crippen molar-refractivity contribution in [3.8, 4) is 0 Å². The monoisotopic (exact) mass is 315 g/mol. The number of hydrogen-bond acceptors (Lipinski definition) is 2. The van der Waals surface area contributed by atoms with Crippen LogP contribution in [-0.4, -0.2) is 26.9 Å². The van der Waals surface area contributed by atoms with Crippen LogP contribution in [0.15, 0.2) is 49.3 Å². The molecule has 5 heteroatoms. The number of halogens is 1. The van der Waals surface area contributed by atoms with Crippen molar-refractivity contribution in [2.75, 3.05) is 6.54 Å². The predicted octanol–water partition coefficient (Wildman–Crippen LogP) is 3.24. The summed E-state index contributed by atoms with van der Waals surface area (Å²) < 4.78 is 15.2. The molecular formula is C18H22FN3O. The third-order valence-corrected chi connectivity index (χ3v) is 3.53. The molecular weight excluding hydrogens is 293 g/mol. The molecule has 4 nitrogen and oxygen atoms in total. The molecule has 0 N–H and O–H groups in total. The van der Waals surface area contributed by atoms with Crippen LogP contribution in [0.25, 0.3) is 0 Å². The van der Waals surface area contributed by atoms with Crippen LogP contribution in [0.5, 0.6) is 0 Å². The van der Waals surface area contributed by atoms with Gasteiger partial charge in [0, 0.05) is 31.4 Å². The maximum atomic E-state index is 13.3. The summed E-state index contributed by atoms with van der Waals surface area (Å²) in [5.41, 5.74) is 0.856. The molecule has 0 atom stereocenters. The lowest BCUT2D eigenvalue weighted by Gasteiger charge is -2.23. The first-order chi connectivity index (χ1) is 11.0. The highest BCUT2D eigenvalue weighted by atomic mass is 19.1. The number of amides is 1. The molecule has 23 heavy (non-hydrogen) atoms. The Bertz CT molecular complexity index is 678. The summed E-state index contributed by atoms with van der Waals surface area (Å²) in [5, 5.41) is 0. The van der Waals surface area contributed by atoms with Gasteiger partial charge in [-0.2, -0.15) is 0 Å². The molecule has 0 fully saturated rings. The van der Waals surface area contributed by atoms with Gasteiger partial charge in [-0.15, -0.1) is 6.58 Å². The number of benzene rings is 1. The summed E-state index contributed by atoms with van der Waals surface area (Å²) in [5.74, 6) is 0.490. The molecule has 0 aliphatic heterocycles. The van der Waals surface area contributed by atoms with Gasteiger partial charge in [0.05, 0.1) is 6.54 Å². The van der Waals surface area contributed by atoms with Crippen LogP contribution >= 0.6 is 0 Å². The summed E-state index contributed by atoms with van der Waals surface area (Å²) in [6.07, 6.45) is 5.24. The molecule has 0 aliphatic carbocycles. The van der Waals surface area contributed by atoms with Crippen LogP contribution in [0.2, 0.25) is 0 Å². The van der Waals surface area contributed by atoms with E-state index in [1.54, 1.807) is 23.2 Å². The molecule has 1 heterocycles. The second-order valence-electron chi connectivity index (χ2n) is 5.76. The number of nitrogens with zero attached hydrogens (tertiary/aromatic N) is 3. The largest absolute Gasteiger partial charge is 0.331 e. The first-order valence-corrected chi connectivity index (χ1v) is 7.65. The summed E-state index contributed by atoms with van der Waals surface area (Å²) >= 11 is 0. The average molecular weight is 315 g/mol. The van der Waals surface area contributed by atoms with Gasteiger partial charge in [0.1, 0.15) is 11.6 Å². The van der Waals surface area contributed by atoms with Crippen molar-refractivity contribution in [2.24, 2.45) is 5.92 Å². The van der Waals surface area contributed by atoms with Crippen LogP contribution in [0.1, 0.15) is 25.2 Å². The van der Waals surface area contributed by atoms with Crippen LogP contribution in [0.4, 0.5) is 4.39 Å². The van der Waals surface area contributed by atoms with Gasteiger partial charge in [0.25, 0.3) is 0 Å². The van der Waals surface area contributed by atoms with Gasteiger partial charge in [-0.05, 0) is 17.7 Å². The Hall–Kier alpha value is -2.43. The van der Waals surface area contributed by atoms with Gasteiger partial charge in [-0.1, -0.05) is 32.1 Å². The average Bonchev–Trinajstić information content (AvgIpc) is 2.93. The molecule has 122 valence electrons. The Morgan fingerprint density at radius 3 is 2.91 bits per heavy atom. The van der Waals surface area contributed by atoms with Crippen molar-refractivity contribution < 1.29 is 9.18 Å². The highest BCUT2D eigenvalue weighted by molar-refractivity contribution is 5.78. The fourth-order valence-corrected chi connectivity index (χ4v) is 2.39. The third kappa shape index (κ3) is 4.52. The fourth-order valence-electron chi connectivity index (χ4n) is 2.39. The van der Waals surface area contributed by atoms with Crippen molar-refractivity contribution in [3.63, 3.8) is 0 Å². The van der Waals surface area contributed by atoms with Crippen LogP contribution < -0.4 is 0 Å². The van der Waals surface area contributed by atoms with E-state index in [1.165, 1.54) is 12.1 Å². The lowest BCUT2D eigenvalue weighted by atomic mass is 10.2. The molecule has 0 radical (unpaired) electrons. The number of aromatic nitrogens is 2. The minimum Gasteiger partial charge on any atom is -0.331 e. The Labute approximate surface area is 136 Å². The first kappa shape index (κ1) is 16.9. The Morgan fingerprint density at radius 2 is 2.26 bits per heavy atom. The predicted molar refractivity (Wildman–Crippen MR) is 88.2 cm³/mol. The number of carbonyl (C=O) groups excluding carboxylic acids is 1. The molecule has 1 aromatic carbocycles. The van der Waals surface area contributed by atoms with E-state index in [1.807, 2.05) is 30.7 Å². The zero-order valence-corrected chi connectivity index (χ0v) is 13.6. The van der Waals surface area contributed by atoms with Crippen molar-refractivity contribution >= 4 is 5.91 Å². The molecule has 0 unspecified atom stereocenters. The van der Waals surface area contributed by atoms with Crippen LogP contribution in [0, 0.1) is 11.7 Å². The third-order valence-electron chi connectivity index (χ3n) is 3.53.